The molecule has 1 aromatic rings. The Balaban J connectivity index is 0.00000180. The summed E-state index contributed by atoms with van der Waals surface area (Å²) in [6.45, 7) is 6.48. The van der Waals surface area contributed by atoms with Gasteiger partial charge in [0.2, 0.25) is 5.91 Å². The van der Waals surface area contributed by atoms with Gasteiger partial charge in [0.25, 0.3) is 0 Å². The number of rotatable bonds is 2. The highest BCUT2D eigenvalue weighted by atomic mass is 35.5. The smallest absolute Gasteiger partial charge is 0.229 e. The molecule has 1 N–H and O–H groups in total. The van der Waals surface area contributed by atoms with Gasteiger partial charge in [-0.1, -0.05) is 23.7 Å². The summed E-state index contributed by atoms with van der Waals surface area (Å²) in [6.07, 6.45) is 0. The summed E-state index contributed by atoms with van der Waals surface area (Å²) < 4.78 is 0. The van der Waals surface area contributed by atoms with E-state index in [1.807, 2.05) is 36.1 Å². The zero-order valence-corrected chi connectivity index (χ0v) is 12.8. The summed E-state index contributed by atoms with van der Waals surface area (Å²) in [5.74, 6) is 0.0552. The molecule has 0 spiro atoms. The number of hydrogen-bond acceptors (Lipinski definition) is 2. The van der Waals surface area contributed by atoms with Gasteiger partial charge >= 0.3 is 0 Å². The number of carbonyl (C=O) groups is 1. The molecule has 19 heavy (non-hydrogen) atoms. The van der Waals surface area contributed by atoms with Crippen LogP contribution in [0.2, 0.25) is 5.02 Å². The van der Waals surface area contributed by atoms with Crippen LogP contribution in [0.5, 0.6) is 0 Å². The minimum absolute atomic E-state index is 0. The van der Waals surface area contributed by atoms with Crippen molar-refractivity contribution in [1.82, 2.24) is 10.2 Å². The van der Waals surface area contributed by atoms with E-state index in [-0.39, 0.29) is 24.2 Å². The number of amides is 1. The Kier molecular flexibility index (Phi) is 6.11. The fourth-order valence-electron chi connectivity index (χ4n) is 2.32. The van der Waals surface area contributed by atoms with Gasteiger partial charge in [-0.2, -0.15) is 0 Å². The molecule has 2 unspecified atom stereocenters. The first-order valence-corrected chi connectivity index (χ1v) is 6.73. The van der Waals surface area contributed by atoms with Crippen molar-refractivity contribution in [2.75, 3.05) is 19.6 Å². The fraction of sp³-hybridized carbons (Fsp3) is 0.500. The molecule has 3 nitrogen and oxygen atoms in total. The van der Waals surface area contributed by atoms with Crippen molar-refractivity contribution < 1.29 is 4.79 Å². The summed E-state index contributed by atoms with van der Waals surface area (Å²) in [5.41, 5.74) is 0.985. The Morgan fingerprint density at radius 2 is 2.26 bits per heavy atom. The largest absolute Gasteiger partial charge is 0.339 e. The zero-order valence-electron chi connectivity index (χ0n) is 11.2. The second-order valence-electron chi connectivity index (χ2n) is 4.92. The highest BCUT2D eigenvalue weighted by Gasteiger charge is 2.25. The lowest BCUT2D eigenvalue weighted by atomic mass is 9.99. The van der Waals surface area contributed by atoms with Crippen LogP contribution in [-0.2, 0) is 4.79 Å². The van der Waals surface area contributed by atoms with Crippen molar-refractivity contribution in [3.05, 3.63) is 34.9 Å². The van der Waals surface area contributed by atoms with Gasteiger partial charge in [-0.3, -0.25) is 4.79 Å². The average molecular weight is 303 g/mol. The maximum Gasteiger partial charge on any atom is 0.229 e. The maximum absolute atomic E-state index is 12.4. The van der Waals surface area contributed by atoms with Crippen LogP contribution in [0.15, 0.2) is 24.3 Å². The Labute approximate surface area is 125 Å². The van der Waals surface area contributed by atoms with E-state index in [1.54, 1.807) is 0 Å². The lowest BCUT2D eigenvalue weighted by Crippen LogP contribution is -2.52. The van der Waals surface area contributed by atoms with Crippen LogP contribution in [0, 0.1) is 0 Å². The standard InChI is InChI=1S/C14H19ClN2O.ClH/c1-10-9-17(7-6-16-10)14(18)11(2)12-4-3-5-13(15)8-12;/h3-5,8,10-11,16H,6-7,9H2,1-2H3;1H. The van der Waals surface area contributed by atoms with Crippen molar-refractivity contribution in [3.8, 4) is 0 Å². The van der Waals surface area contributed by atoms with Gasteiger partial charge < -0.3 is 10.2 Å². The third kappa shape index (κ3) is 4.10. The summed E-state index contributed by atoms with van der Waals surface area (Å²) in [7, 11) is 0. The van der Waals surface area contributed by atoms with Crippen molar-refractivity contribution >= 4 is 29.9 Å². The van der Waals surface area contributed by atoms with E-state index < -0.39 is 0 Å². The average Bonchev–Trinajstić information content (AvgIpc) is 2.37. The van der Waals surface area contributed by atoms with E-state index in [2.05, 4.69) is 12.2 Å². The predicted molar refractivity (Wildman–Crippen MR) is 81.2 cm³/mol. The van der Waals surface area contributed by atoms with E-state index in [0.29, 0.717) is 11.1 Å². The molecule has 2 atom stereocenters. The summed E-state index contributed by atoms with van der Waals surface area (Å²) in [6, 6.07) is 7.92. The van der Waals surface area contributed by atoms with Gasteiger partial charge in [-0.25, -0.2) is 0 Å². The molecule has 0 saturated carbocycles. The van der Waals surface area contributed by atoms with Crippen molar-refractivity contribution in [3.63, 3.8) is 0 Å². The van der Waals surface area contributed by atoms with Crippen molar-refractivity contribution in [2.45, 2.75) is 25.8 Å². The van der Waals surface area contributed by atoms with Crippen LogP contribution in [0.1, 0.15) is 25.3 Å². The Morgan fingerprint density at radius 1 is 1.53 bits per heavy atom. The van der Waals surface area contributed by atoms with E-state index >= 15 is 0 Å². The van der Waals surface area contributed by atoms with Gasteiger partial charge in [0.05, 0.1) is 5.92 Å². The van der Waals surface area contributed by atoms with E-state index in [4.69, 9.17) is 11.6 Å². The van der Waals surface area contributed by atoms with Crippen LogP contribution in [0.3, 0.4) is 0 Å². The minimum Gasteiger partial charge on any atom is -0.339 e. The van der Waals surface area contributed by atoms with E-state index in [0.717, 1.165) is 25.2 Å². The van der Waals surface area contributed by atoms with Crippen molar-refractivity contribution in [1.29, 1.82) is 0 Å². The molecule has 5 heteroatoms. The second-order valence-corrected chi connectivity index (χ2v) is 5.35. The molecular formula is C14H20Cl2N2O. The van der Waals surface area contributed by atoms with Crippen LogP contribution < -0.4 is 5.32 Å². The normalized spacial score (nSPS) is 20.6. The van der Waals surface area contributed by atoms with Gasteiger partial charge in [-0.05, 0) is 31.5 Å². The number of carbonyl (C=O) groups excluding carboxylic acids is 1. The number of nitrogens with one attached hydrogen (secondary N) is 1. The first kappa shape index (κ1) is 16.3. The molecule has 1 fully saturated rings. The Morgan fingerprint density at radius 3 is 2.89 bits per heavy atom. The van der Waals surface area contributed by atoms with Gasteiger partial charge in [0.15, 0.2) is 0 Å². The number of nitrogens with zero attached hydrogens (tertiary/aromatic N) is 1. The summed E-state index contributed by atoms with van der Waals surface area (Å²) >= 11 is 5.97. The van der Waals surface area contributed by atoms with Crippen LogP contribution >= 0.6 is 24.0 Å². The van der Waals surface area contributed by atoms with Gasteiger partial charge in [0.1, 0.15) is 0 Å². The third-order valence-electron chi connectivity index (χ3n) is 3.40. The fourth-order valence-corrected chi connectivity index (χ4v) is 2.52. The predicted octanol–water partition coefficient (Wildman–Crippen LogP) is 2.69. The molecule has 2 rings (SSSR count). The van der Waals surface area contributed by atoms with Crippen LogP contribution in [0.25, 0.3) is 0 Å². The molecule has 0 aliphatic carbocycles. The third-order valence-corrected chi connectivity index (χ3v) is 3.63. The molecule has 1 aliphatic rings. The number of piperazine rings is 1. The zero-order chi connectivity index (χ0) is 13.1. The molecule has 1 aromatic carbocycles. The van der Waals surface area contributed by atoms with E-state index in [9.17, 15) is 4.79 Å². The molecule has 1 aliphatic heterocycles. The molecule has 1 saturated heterocycles. The summed E-state index contributed by atoms with van der Waals surface area (Å²) in [4.78, 5) is 14.3. The van der Waals surface area contributed by atoms with Crippen LogP contribution in [0.4, 0.5) is 0 Å². The monoisotopic (exact) mass is 302 g/mol. The Bertz CT molecular complexity index is 439. The Hall–Kier alpha value is -0.770. The molecule has 106 valence electrons. The molecule has 0 radical (unpaired) electrons. The highest BCUT2D eigenvalue weighted by molar-refractivity contribution is 6.30. The van der Waals surface area contributed by atoms with Gasteiger partial charge in [0, 0.05) is 30.7 Å². The second kappa shape index (κ2) is 7.13. The lowest BCUT2D eigenvalue weighted by molar-refractivity contribution is -0.133. The first-order chi connectivity index (χ1) is 8.58. The quantitative estimate of drug-likeness (QED) is 0.911. The van der Waals surface area contributed by atoms with E-state index in [1.165, 1.54) is 0 Å². The lowest BCUT2D eigenvalue weighted by Gasteiger charge is -2.33. The topological polar surface area (TPSA) is 32.3 Å². The molecule has 0 bridgehead atoms. The molecule has 0 aromatic heterocycles. The maximum atomic E-state index is 12.4. The number of hydrogen-bond donors (Lipinski definition) is 1. The summed E-state index contributed by atoms with van der Waals surface area (Å²) in [5, 5.41) is 4.02. The SMILES string of the molecule is CC1CN(C(=O)C(C)c2cccc(Cl)c2)CCN1.Cl. The molecule has 1 heterocycles. The number of halogens is 2. The molecule has 1 amide bonds. The highest BCUT2D eigenvalue weighted by Crippen LogP contribution is 2.21. The van der Waals surface area contributed by atoms with Crippen molar-refractivity contribution in [2.24, 2.45) is 0 Å². The minimum atomic E-state index is -0.131. The first-order valence-electron chi connectivity index (χ1n) is 6.35. The van der Waals surface area contributed by atoms with Crippen LogP contribution in [-0.4, -0.2) is 36.5 Å². The van der Waals surface area contributed by atoms with Gasteiger partial charge in [-0.15, -0.1) is 12.4 Å². The number of benzene rings is 1. The molecular weight excluding hydrogens is 283 g/mol.